The number of benzene rings is 2. The summed E-state index contributed by atoms with van der Waals surface area (Å²) in [6.45, 7) is 1.02. The number of carbonyl (C=O) groups excluding carboxylic acids is 1. The van der Waals surface area contributed by atoms with Crippen LogP contribution in [0.2, 0.25) is 0 Å². The predicted molar refractivity (Wildman–Crippen MR) is 80.6 cm³/mol. The van der Waals surface area contributed by atoms with Crippen molar-refractivity contribution < 1.29 is 18.7 Å². The summed E-state index contributed by atoms with van der Waals surface area (Å²) in [5.74, 6) is -1.78. The molecule has 0 aromatic heterocycles. The normalized spacial score (nSPS) is 11.8. The molecule has 0 saturated heterocycles. The molecule has 0 radical (unpaired) electrons. The minimum Gasteiger partial charge on any atom is -0.387 e. The Hall–Kier alpha value is -2.47. The molecule has 1 amide bonds. The van der Waals surface area contributed by atoms with Gasteiger partial charge in [0.1, 0.15) is 18.2 Å². The van der Waals surface area contributed by atoms with Gasteiger partial charge in [-0.25, -0.2) is 8.78 Å². The van der Waals surface area contributed by atoms with Crippen LogP contribution in [-0.2, 0) is 4.79 Å². The molecule has 1 unspecified atom stereocenters. The number of carbonyl (C=O) groups is 1. The van der Waals surface area contributed by atoms with Gasteiger partial charge in [0.25, 0.3) is 0 Å². The predicted octanol–water partition coefficient (Wildman–Crippen LogP) is 3.07. The van der Waals surface area contributed by atoms with Crippen LogP contribution >= 0.6 is 0 Å². The van der Waals surface area contributed by atoms with Crippen LogP contribution in [0, 0.1) is 11.6 Å². The van der Waals surface area contributed by atoms with Crippen molar-refractivity contribution in [2.45, 2.75) is 13.0 Å². The molecule has 0 saturated carbocycles. The Morgan fingerprint density at radius 2 is 1.73 bits per heavy atom. The van der Waals surface area contributed by atoms with Gasteiger partial charge in [-0.15, -0.1) is 0 Å². The molecule has 0 bridgehead atoms. The summed E-state index contributed by atoms with van der Waals surface area (Å²) in [6.07, 6.45) is 0. The van der Waals surface area contributed by atoms with Crippen LogP contribution in [0.15, 0.2) is 42.5 Å². The summed E-state index contributed by atoms with van der Waals surface area (Å²) >= 11 is 0. The SMILES string of the molecule is CC(Nc1cccc(NC(=O)CO)c1)c1c(F)cccc1F. The number of halogens is 2. The summed E-state index contributed by atoms with van der Waals surface area (Å²) in [6, 6.07) is 9.78. The van der Waals surface area contributed by atoms with Gasteiger partial charge in [0.2, 0.25) is 5.91 Å². The lowest BCUT2D eigenvalue weighted by Crippen LogP contribution is -2.15. The molecule has 2 rings (SSSR count). The second-order valence-electron chi connectivity index (χ2n) is 4.79. The summed E-state index contributed by atoms with van der Waals surface area (Å²) in [5, 5.41) is 14.2. The molecule has 0 fully saturated rings. The van der Waals surface area contributed by atoms with Gasteiger partial charge in [-0.05, 0) is 37.3 Å². The van der Waals surface area contributed by atoms with E-state index in [4.69, 9.17) is 5.11 Å². The standard InChI is InChI=1S/C16H16F2N2O2/c1-10(16-13(17)6-3-7-14(16)18)19-11-4-2-5-12(8-11)20-15(22)9-21/h2-8,10,19,21H,9H2,1H3,(H,20,22). The molecule has 0 aliphatic rings. The van der Waals surface area contributed by atoms with Gasteiger partial charge in [0.05, 0.1) is 6.04 Å². The lowest BCUT2D eigenvalue weighted by Gasteiger charge is -2.17. The van der Waals surface area contributed by atoms with Gasteiger partial charge in [-0.3, -0.25) is 4.79 Å². The summed E-state index contributed by atoms with van der Waals surface area (Å²) in [4.78, 5) is 11.1. The number of aliphatic hydroxyl groups excluding tert-OH is 1. The number of anilines is 2. The van der Waals surface area contributed by atoms with E-state index in [9.17, 15) is 13.6 Å². The number of amides is 1. The third kappa shape index (κ3) is 3.79. The summed E-state index contributed by atoms with van der Waals surface area (Å²) in [7, 11) is 0. The first-order valence-electron chi connectivity index (χ1n) is 6.72. The Bertz CT molecular complexity index is 657. The fraction of sp³-hybridized carbons (Fsp3) is 0.188. The second-order valence-corrected chi connectivity index (χ2v) is 4.79. The number of hydrogen-bond acceptors (Lipinski definition) is 3. The van der Waals surface area contributed by atoms with Crippen molar-refractivity contribution in [3.05, 3.63) is 59.7 Å². The van der Waals surface area contributed by atoms with Gasteiger partial charge >= 0.3 is 0 Å². The first-order chi connectivity index (χ1) is 10.5. The third-order valence-corrected chi connectivity index (χ3v) is 3.11. The molecule has 22 heavy (non-hydrogen) atoms. The molecule has 0 spiro atoms. The zero-order valence-electron chi connectivity index (χ0n) is 11.9. The van der Waals surface area contributed by atoms with Crippen molar-refractivity contribution in [1.82, 2.24) is 0 Å². The first kappa shape index (κ1) is 15.9. The molecular formula is C16H16F2N2O2. The van der Waals surface area contributed by atoms with E-state index in [0.717, 1.165) is 0 Å². The van der Waals surface area contributed by atoms with E-state index in [0.29, 0.717) is 11.4 Å². The number of nitrogens with one attached hydrogen (secondary N) is 2. The van der Waals surface area contributed by atoms with E-state index in [1.54, 1.807) is 31.2 Å². The van der Waals surface area contributed by atoms with Crippen molar-refractivity contribution in [2.24, 2.45) is 0 Å². The fourth-order valence-electron chi connectivity index (χ4n) is 2.13. The van der Waals surface area contributed by atoms with Crippen molar-refractivity contribution in [1.29, 1.82) is 0 Å². The molecular weight excluding hydrogens is 290 g/mol. The van der Waals surface area contributed by atoms with E-state index in [-0.39, 0.29) is 5.56 Å². The van der Waals surface area contributed by atoms with Crippen molar-refractivity contribution in [2.75, 3.05) is 17.2 Å². The van der Waals surface area contributed by atoms with E-state index in [1.165, 1.54) is 18.2 Å². The maximum atomic E-state index is 13.7. The smallest absolute Gasteiger partial charge is 0.250 e. The second kappa shape index (κ2) is 7.00. The highest BCUT2D eigenvalue weighted by Crippen LogP contribution is 2.25. The monoisotopic (exact) mass is 306 g/mol. The Morgan fingerprint density at radius 3 is 2.36 bits per heavy atom. The minimum atomic E-state index is -0.621. The summed E-state index contributed by atoms with van der Waals surface area (Å²) in [5.41, 5.74) is 1.02. The lowest BCUT2D eigenvalue weighted by molar-refractivity contribution is -0.118. The Morgan fingerprint density at radius 1 is 1.14 bits per heavy atom. The van der Waals surface area contributed by atoms with Crippen molar-refractivity contribution in [3.8, 4) is 0 Å². The fourth-order valence-corrected chi connectivity index (χ4v) is 2.13. The minimum absolute atomic E-state index is 0.0488. The van der Waals surface area contributed by atoms with Crippen LogP contribution in [0.1, 0.15) is 18.5 Å². The summed E-state index contributed by atoms with van der Waals surface area (Å²) < 4.78 is 27.5. The van der Waals surface area contributed by atoms with Crippen LogP contribution in [0.4, 0.5) is 20.2 Å². The molecule has 0 heterocycles. The van der Waals surface area contributed by atoms with Crippen molar-refractivity contribution in [3.63, 3.8) is 0 Å². The largest absolute Gasteiger partial charge is 0.387 e. The highest BCUT2D eigenvalue weighted by molar-refractivity contribution is 5.91. The van der Waals surface area contributed by atoms with Crippen molar-refractivity contribution >= 4 is 17.3 Å². The zero-order chi connectivity index (χ0) is 16.1. The van der Waals surface area contributed by atoms with E-state index < -0.39 is 30.2 Å². The van der Waals surface area contributed by atoms with Crippen LogP contribution < -0.4 is 10.6 Å². The Balaban J connectivity index is 2.16. The van der Waals surface area contributed by atoms with E-state index in [1.807, 2.05) is 0 Å². The molecule has 0 aliphatic heterocycles. The maximum absolute atomic E-state index is 13.7. The Labute approximate surface area is 126 Å². The highest BCUT2D eigenvalue weighted by atomic mass is 19.1. The van der Waals surface area contributed by atoms with Gasteiger partial charge < -0.3 is 15.7 Å². The van der Waals surface area contributed by atoms with Crippen LogP contribution in [0.25, 0.3) is 0 Å². The van der Waals surface area contributed by atoms with Gasteiger partial charge in [-0.1, -0.05) is 12.1 Å². The topological polar surface area (TPSA) is 61.4 Å². The Kier molecular flexibility index (Phi) is 5.06. The molecule has 6 heteroatoms. The molecule has 116 valence electrons. The first-order valence-corrected chi connectivity index (χ1v) is 6.72. The highest BCUT2D eigenvalue weighted by Gasteiger charge is 2.15. The quantitative estimate of drug-likeness (QED) is 0.795. The van der Waals surface area contributed by atoms with Gasteiger partial charge in [-0.2, -0.15) is 0 Å². The maximum Gasteiger partial charge on any atom is 0.250 e. The van der Waals surface area contributed by atoms with Crippen LogP contribution in [0.3, 0.4) is 0 Å². The number of hydrogen-bond donors (Lipinski definition) is 3. The van der Waals surface area contributed by atoms with Crippen LogP contribution in [-0.4, -0.2) is 17.6 Å². The number of rotatable bonds is 5. The van der Waals surface area contributed by atoms with E-state index in [2.05, 4.69) is 10.6 Å². The van der Waals surface area contributed by atoms with Crippen LogP contribution in [0.5, 0.6) is 0 Å². The molecule has 2 aromatic carbocycles. The average molecular weight is 306 g/mol. The number of aliphatic hydroxyl groups is 1. The molecule has 1 atom stereocenters. The lowest BCUT2D eigenvalue weighted by atomic mass is 10.1. The van der Waals surface area contributed by atoms with Gasteiger partial charge in [0, 0.05) is 16.9 Å². The molecule has 3 N–H and O–H groups in total. The third-order valence-electron chi connectivity index (χ3n) is 3.11. The molecule has 0 aliphatic carbocycles. The molecule has 4 nitrogen and oxygen atoms in total. The zero-order valence-corrected chi connectivity index (χ0v) is 11.9. The van der Waals surface area contributed by atoms with E-state index >= 15 is 0 Å². The molecule has 2 aromatic rings. The average Bonchev–Trinajstić information content (AvgIpc) is 2.47. The van der Waals surface area contributed by atoms with Gasteiger partial charge in [0.15, 0.2) is 0 Å².